The van der Waals surface area contributed by atoms with Gasteiger partial charge in [-0.3, -0.25) is 0 Å². The lowest BCUT2D eigenvalue weighted by atomic mass is 10.0. The Morgan fingerprint density at radius 3 is 2.48 bits per heavy atom. The zero-order valence-corrected chi connectivity index (χ0v) is 13.0. The summed E-state index contributed by atoms with van der Waals surface area (Å²) in [7, 11) is 1.56. The molecule has 0 heterocycles. The molecule has 1 atom stereocenters. The van der Waals surface area contributed by atoms with Crippen LogP contribution in [0.2, 0.25) is 0 Å². The highest BCUT2D eigenvalue weighted by Gasteiger charge is 2.34. The SMILES string of the molecule is CCN(c1ccc(C(N)=S)c(C(F)(F)F)c1)C(C)COC. The monoisotopic (exact) mass is 320 g/mol. The number of methoxy groups -OCH3 is 1. The van der Waals surface area contributed by atoms with Crippen LogP contribution < -0.4 is 10.6 Å². The summed E-state index contributed by atoms with van der Waals surface area (Å²) in [6.45, 7) is 4.75. The molecule has 1 aromatic rings. The number of hydrogen-bond acceptors (Lipinski definition) is 3. The molecule has 0 spiro atoms. The van der Waals surface area contributed by atoms with Crippen LogP contribution in [0.3, 0.4) is 0 Å². The van der Waals surface area contributed by atoms with Gasteiger partial charge in [0.1, 0.15) is 4.99 Å². The Bertz CT molecular complexity index is 505. The number of alkyl halides is 3. The second-order valence-corrected chi connectivity index (χ2v) is 5.12. The normalized spacial score (nSPS) is 13.0. The number of ether oxygens (including phenoxy) is 1. The number of hydrogen-bond donors (Lipinski definition) is 1. The summed E-state index contributed by atoms with van der Waals surface area (Å²) >= 11 is 4.69. The van der Waals surface area contributed by atoms with Gasteiger partial charge >= 0.3 is 6.18 Å². The van der Waals surface area contributed by atoms with Crippen molar-refractivity contribution < 1.29 is 17.9 Å². The minimum Gasteiger partial charge on any atom is -0.389 e. The van der Waals surface area contributed by atoms with Gasteiger partial charge in [-0.05, 0) is 32.0 Å². The molecule has 0 amide bonds. The van der Waals surface area contributed by atoms with Gasteiger partial charge in [-0.25, -0.2) is 0 Å². The summed E-state index contributed by atoms with van der Waals surface area (Å²) in [6, 6.07) is 3.96. The van der Waals surface area contributed by atoms with Crippen LogP contribution in [-0.4, -0.2) is 31.3 Å². The molecule has 0 saturated heterocycles. The topological polar surface area (TPSA) is 38.5 Å². The highest BCUT2D eigenvalue weighted by Crippen LogP contribution is 2.35. The van der Waals surface area contributed by atoms with Gasteiger partial charge in [-0.1, -0.05) is 12.2 Å². The third-order valence-electron chi connectivity index (χ3n) is 3.19. The molecule has 0 aliphatic heterocycles. The highest BCUT2D eigenvalue weighted by atomic mass is 32.1. The molecule has 118 valence electrons. The summed E-state index contributed by atoms with van der Waals surface area (Å²) in [5, 5.41) is 0. The summed E-state index contributed by atoms with van der Waals surface area (Å²) in [5.41, 5.74) is 4.88. The lowest BCUT2D eigenvalue weighted by Crippen LogP contribution is -2.36. The summed E-state index contributed by atoms with van der Waals surface area (Å²) < 4.78 is 44.5. The number of thiocarbonyl (C=S) groups is 1. The second kappa shape index (κ2) is 7.09. The van der Waals surface area contributed by atoms with Gasteiger partial charge < -0.3 is 15.4 Å². The fourth-order valence-electron chi connectivity index (χ4n) is 2.24. The zero-order chi connectivity index (χ0) is 16.2. The molecule has 0 fully saturated rings. The van der Waals surface area contributed by atoms with Crippen molar-refractivity contribution in [3.63, 3.8) is 0 Å². The van der Waals surface area contributed by atoms with E-state index in [-0.39, 0.29) is 16.6 Å². The van der Waals surface area contributed by atoms with E-state index >= 15 is 0 Å². The number of rotatable bonds is 6. The van der Waals surface area contributed by atoms with E-state index in [2.05, 4.69) is 0 Å². The molecule has 1 aromatic carbocycles. The van der Waals surface area contributed by atoms with Crippen LogP contribution in [-0.2, 0) is 10.9 Å². The van der Waals surface area contributed by atoms with E-state index in [1.807, 2.05) is 18.7 Å². The van der Waals surface area contributed by atoms with Gasteiger partial charge in [0.2, 0.25) is 0 Å². The van der Waals surface area contributed by atoms with Gasteiger partial charge in [0.15, 0.2) is 0 Å². The van der Waals surface area contributed by atoms with Gasteiger partial charge in [-0.15, -0.1) is 0 Å². The van der Waals surface area contributed by atoms with Crippen molar-refractivity contribution in [2.75, 3.05) is 25.2 Å². The number of benzene rings is 1. The van der Waals surface area contributed by atoms with Crippen molar-refractivity contribution in [3.05, 3.63) is 29.3 Å². The second-order valence-electron chi connectivity index (χ2n) is 4.68. The van der Waals surface area contributed by atoms with E-state index in [4.69, 9.17) is 22.7 Å². The van der Waals surface area contributed by atoms with Crippen LogP contribution in [0.1, 0.15) is 25.0 Å². The van der Waals surface area contributed by atoms with Gasteiger partial charge in [0.05, 0.1) is 12.2 Å². The van der Waals surface area contributed by atoms with E-state index in [9.17, 15) is 13.2 Å². The quantitative estimate of drug-likeness (QED) is 0.817. The van der Waals surface area contributed by atoms with E-state index in [0.29, 0.717) is 18.8 Å². The average Bonchev–Trinajstić information content (AvgIpc) is 2.38. The minimum atomic E-state index is -4.50. The summed E-state index contributed by atoms with van der Waals surface area (Å²) in [6.07, 6.45) is -4.50. The lowest BCUT2D eigenvalue weighted by Gasteiger charge is -2.30. The Morgan fingerprint density at radius 1 is 1.43 bits per heavy atom. The maximum Gasteiger partial charge on any atom is 0.417 e. The van der Waals surface area contributed by atoms with Crippen LogP contribution in [0.15, 0.2) is 18.2 Å². The molecule has 0 bridgehead atoms. The van der Waals surface area contributed by atoms with Gasteiger partial charge in [0.25, 0.3) is 0 Å². The third kappa shape index (κ3) is 4.31. The van der Waals surface area contributed by atoms with Crippen LogP contribution in [0.25, 0.3) is 0 Å². The molecule has 0 aliphatic rings. The van der Waals surface area contributed by atoms with Crippen molar-refractivity contribution in [1.29, 1.82) is 0 Å². The molecule has 2 N–H and O–H groups in total. The Hall–Kier alpha value is -1.34. The smallest absolute Gasteiger partial charge is 0.389 e. The molecule has 21 heavy (non-hydrogen) atoms. The molecular weight excluding hydrogens is 301 g/mol. The first kappa shape index (κ1) is 17.7. The highest BCUT2D eigenvalue weighted by molar-refractivity contribution is 7.80. The van der Waals surface area contributed by atoms with E-state index < -0.39 is 11.7 Å². The number of nitrogens with zero attached hydrogens (tertiary/aromatic N) is 1. The number of halogens is 3. The minimum absolute atomic E-state index is 0.0447. The first-order valence-electron chi connectivity index (χ1n) is 6.49. The zero-order valence-electron chi connectivity index (χ0n) is 12.2. The predicted octanol–water partition coefficient (Wildman–Crippen LogP) is 3.20. The first-order chi connectivity index (χ1) is 9.72. The van der Waals surface area contributed by atoms with E-state index in [1.54, 1.807) is 13.2 Å². The van der Waals surface area contributed by atoms with Gasteiger partial charge in [-0.2, -0.15) is 13.2 Å². The van der Waals surface area contributed by atoms with Crippen molar-refractivity contribution in [2.45, 2.75) is 26.1 Å². The van der Waals surface area contributed by atoms with Crippen LogP contribution in [0, 0.1) is 0 Å². The van der Waals surface area contributed by atoms with E-state index in [1.165, 1.54) is 6.07 Å². The van der Waals surface area contributed by atoms with Crippen molar-refractivity contribution >= 4 is 22.9 Å². The predicted molar refractivity (Wildman–Crippen MR) is 81.7 cm³/mol. The summed E-state index contributed by atoms with van der Waals surface area (Å²) in [5.74, 6) is 0. The molecule has 0 aliphatic carbocycles. The molecule has 1 unspecified atom stereocenters. The molecule has 0 aromatic heterocycles. The maximum atomic E-state index is 13.1. The summed E-state index contributed by atoms with van der Waals surface area (Å²) in [4.78, 5) is 1.57. The molecule has 0 radical (unpaired) electrons. The fraction of sp³-hybridized carbons (Fsp3) is 0.500. The first-order valence-corrected chi connectivity index (χ1v) is 6.89. The molecule has 1 rings (SSSR count). The molecular formula is C14H19F3N2OS. The Morgan fingerprint density at radius 2 is 2.05 bits per heavy atom. The van der Waals surface area contributed by atoms with Crippen LogP contribution >= 0.6 is 12.2 Å². The molecule has 0 saturated carbocycles. The largest absolute Gasteiger partial charge is 0.417 e. The van der Waals surface area contributed by atoms with Crippen molar-refractivity contribution in [1.82, 2.24) is 0 Å². The molecule has 7 heteroatoms. The Balaban J connectivity index is 3.29. The third-order valence-corrected chi connectivity index (χ3v) is 3.41. The average molecular weight is 320 g/mol. The number of likely N-dealkylation sites (N-methyl/N-ethyl adjacent to an activating group) is 1. The molecule has 3 nitrogen and oxygen atoms in total. The van der Waals surface area contributed by atoms with Crippen molar-refractivity contribution in [2.24, 2.45) is 5.73 Å². The lowest BCUT2D eigenvalue weighted by molar-refractivity contribution is -0.137. The van der Waals surface area contributed by atoms with Crippen LogP contribution in [0.5, 0.6) is 0 Å². The van der Waals surface area contributed by atoms with Crippen LogP contribution in [0.4, 0.5) is 18.9 Å². The standard InChI is InChI=1S/C14H19F3N2OS/c1-4-19(9(2)8-20-3)10-5-6-11(13(18)21)12(7-10)14(15,16)17/h5-7,9H,4,8H2,1-3H3,(H2,18,21). The fourth-order valence-corrected chi connectivity index (χ4v) is 2.42. The van der Waals surface area contributed by atoms with E-state index in [0.717, 1.165) is 6.07 Å². The Labute approximate surface area is 127 Å². The number of nitrogens with two attached hydrogens (primary N) is 1. The van der Waals surface area contributed by atoms with Crippen molar-refractivity contribution in [3.8, 4) is 0 Å². The maximum absolute atomic E-state index is 13.1. The van der Waals surface area contributed by atoms with Gasteiger partial charge in [0, 0.05) is 30.9 Å². The Kier molecular flexibility index (Phi) is 5.98. The number of anilines is 1.